The second-order valence-electron chi connectivity index (χ2n) is 5.02. The number of rotatable bonds is 5. The van der Waals surface area contributed by atoms with Gasteiger partial charge in [-0.05, 0) is 13.8 Å². The Kier molecular flexibility index (Phi) is 4.77. The monoisotopic (exact) mass is 310 g/mol. The van der Waals surface area contributed by atoms with E-state index in [2.05, 4.69) is 16.1 Å². The summed E-state index contributed by atoms with van der Waals surface area (Å²) in [4.78, 5) is 14.6. The molecule has 0 radical (unpaired) electrons. The van der Waals surface area contributed by atoms with E-state index in [4.69, 9.17) is 11.2 Å². The number of carbonyl (C=O) groups is 1. The number of terminal acetylenes is 1. The van der Waals surface area contributed by atoms with Gasteiger partial charge in [-0.15, -0.1) is 22.5 Å². The van der Waals surface area contributed by atoms with Crippen molar-refractivity contribution in [2.45, 2.75) is 38.7 Å². The minimum absolute atomic E-state index is 0.000780. The molecule has 1 aliphatic rings. The van der Waals surface area contributed by atoms with Gasteiger partial charge in [-0.2, -0.15) is 0 Å². The van der Waals surface area contributed by atoms with Crippen molar-refractivity contribution < 1.29 is 14.6 Å². The van der Waals surface area contributed by atoms with Crippen LogP contribution in [0.3, 0.4) is 0 Å². The number of aromatic nitrogens is 2. The fraction of sp³-hybridized carbons (Fsp3) is 0.615. The Bertz CT molecular complexity index is 554. The Labute approximate surface area is 127 Å². The van der Waals surface area contributed by atoms with E-state index in [1.165, 1.54) is 21.1 Å². The number of aliphatic hydroxyl groups excluding tert-OH is 1. The van der Waals surface area contributed by atoms with Crippen molar-refractivity contribution in [2.75, 3.05) is 18.5 Å². The molecule has 0 spiro atoms. The molecule has 1 aromatic heterocycles. The zero-order valence-electron chi connectivity index (χ0n) is 12.2. The van der Waals surface area contributed by atoms with Crippen molar-refractivity contribution in [1.29, 1.82) is 0 Å². The third-order valence-electron chi connectivity index (χ3n) is 2.92. The first-order valence-electron chi connectivity index (χ1n) is 6.58. The molecular formula is C13H18N4O3S. The van der Waals surface area contributed by atoms with Crippen LogP contribution in [0.5, 0.6) is 0 Å². The van der Waals surface area contributed by atoms with Crippen LogP contribution in [-0.4, -0.2) is 52.2 Å². The van der Waals surface area contributed by atoms with Crippen LogP contribution in [0.4, 0.5) is 9.93 Å². The molecule has 0 bridgehead atoms. The fourth-order valence-corrected chi connectivity index (χ4v) is 2.93. The lowest BCUT2D eigenvalue weighted by atomic mass is 10.2. The lowest BCUT2D eigenvalue weighted by Gasteiger charge is -2.16. The molecule has 7 nitrogen and oxygen atoms in total. The van der Waals surface area contributed by atoms with E-state index in [0.717, 1.165) is 0 Å². The molecule has 114 valence electrons. The molecule has 1 aromatic rings. The van der Waals surface area contributed by atoms with E-state index < -0.39 is 6.23 Å². The predicted octanol–water partition coefficient (Wildman–Crippen LogP) is 1.22. The van der Waals surface area contributed by atoms with Gasteiger partial charge in [0.25, 0.3) is 0 Å². The smallest absolute Gasteiger partial charge is 0.328 e. The largest absolute Gasteiger partial charge is 0.371 e. The van der Waals surface area contributed by atoms with Gasteiger partial charge in [0.2, 0.25) is 5.13 Å². The molecule has 1 saturated heterocycles. The molecule has 2 rings (SSSR count). The van der Waals surface area contributed by atoms with Crippen LogP contribution in [0.2, 0.25) is 0 Å². The van der Waals surface area contributed by atoms with Gasteiger partial charge in [0.1, 0.15) is 11.1 Å². The second kappa shape index (κ2) is 6.39. The van der Waals surface area contributed by atoms with Crippen LogP contribution in [0.1, 0.15) is 31.4 Å². The number of nitrogens with zero attached hydrogens (tertiary/aromatic N) is 4. The molecule has 0 aliphatic carbocycles. The zero-order chi connectivity index (χ0) is 15.6. The van der Waals surface area contributed by atoms with E-state index in [1.807, 2.05) is 13.8 Å². The predicted molar refractivity (Wildman–Crippen MR) is 78.8 cm³/mol. The molecule has 0 saturated carbocycles. The van der Waals surface area contributed by atoms with E-state index in [1.54, 1.807) is 7.05 Å². The molecule has 8 heteroatoms. The van der Waals surface area contributed by atoms with Crippen LogP contribution in [0, 0.1) is 12.3 Å². The van der Waals surface area contributed by atoms with Gasteiger partial charge < -0.3 is 14.7 Å². The summed E-state index contributed by atoms with van der Waals surface area (Å²) in [5.41, 5.74) is 0. The zero-order valence-corrected chi connectivity index (χ0v) is 13.0. The highest BCUT2D eigenvalue weighted by Crippen LogP contribution is 2.32. The first-order valence-corrected chi connectivity index (χ1v) is 7.40. The number of hydrogen-bond donors (Lipinski definition) is 1. The summed E-state index contributed by atoms with van der Waals surface area (Å²) in [6.07, 6.45) is 4.46. The number of urea groups is 1. The van der Waals surface area contributed by atoms with Gasteiger partial charge in [-0.1, -0.05) is 11.3 Å². The Balaban J connectivity index is 2.20. The topological polar surface area (TPSA) is 78.8 Å². The minimum atomic E-state index is -0.916. The Morgan fingerprint density at radius 3 is 2.81 bits per heavy atom. The highest BCUT2D eigenvalue weighted by atomic mass is 32.1. The van der Waals surface area contributed by atoms with Gasteiger partial charge in [0.05, 0.1) is 12.6 Å². The van der Waals surface area contributed by atoms with Crippen LogP contribution in [0.25, 0.3) is 0 Å². The molecule has 2 amide bonds. The second-order valence-corrected chi connectivity index (χ2v) is 6.01. The summed E-state index contributed by atoms with van der Waals surface area (Å²) < 4.78 is 5.72. The third kappa shape index (κ3) is 3.32. The molecule has 1 fully saturated rings. The van der Waals surface area contributed by atoms with Gasteiger partial charge in [-0.25, -0.2) is 9.69 Å². The minimum Gasteiger partial charge on any atom is -0.371 e. The Morgan fingerprint density at radius 2 is 2.29 bits per heavy atom. The lowest BCUT2D eigenvalue weighted by molar-refractivity contribution is 0.00918. The van der Waals surface area contributed by atoms with Crippen molar-refractivity contribution in [3.05, 3.63) is 5.01 Å². The van der Waals surface area contributed by atoms with Crippen LogP contribution in [0.15, 0.2) is 0 Å². The summed E-state index contributed by atoms with van der Waals surface area (Å²) in [7, 11) is 1.62. The number of likely N-dealkylation sites (N-methyl/N-ethyl adjacent to an activating group) is 1. The van der Waals surface area contributed by atoms with E-state index in [9.17, 15) is 9.90 Å². The van der Waals surface area contributed by atoms with Crippen molar-refractivity contribution in [2.24, 2.45) is 0 Å². The number of anilines is 1. The number of ether oxygens (including phenoxy) is 1. The van der Waals surface area contributed by atoms with E-state index in [-0.39, 0.29) is 24.8 Å². The van der Waals surface area contributed by atoms with Crippen molar-refractivity contribution >= 4 is 22.5 Å². The van der Waals surface area contributed by atoms with E-state index in [0.29, 0.717) is 16.6 Å². The quantitative estimate of drug-likeness (QED) is 0.827. The highest BCUT2D eigenvalue weighted by molar-refractivity contribution is 7.15. The average Bonchev–Trinajstić information content (AvgIpc) is 2.95. The molecule has 2 atom stereocenters. The standard InChI is InChI=1S/C13H18N4O3S/c1-5-6-9(20-8(2)3)11-14-15-12(21-11)17-10(18)7-16(4)13(17)19/h1,8-10,18H,6-7H2,2-4H3. The Hall–Kier alpha value is -1.69. The third-order valence-corrected chi connectivity index (χ3v) is 3.93. The Morgan fingerprint density at radius 1 is 1.57 bits per heavy atom. The number of hydrogen-bond acceptors (Lipinski definition) is 6. The first kappa shape index (κ1) is 15.7. The summed E-state index contributed by atoms with van der Waals surface area (Å²) in [5, 5.41) is 18.9. The summed E-state index contributed by atoms with van der Waals surface area (Å²) in [6.45, 7) is 4.06. The number of amides is 2. The number of carbonyl (C=O) groups excluding carboxylic acids is 1. The maximum Gasteiger partial charge on any atom is 0.328 e. The number of β-amino-alcohol motifs (C(OH)–C–C–N with tert-alkyl or cyclic N) is 1. The number of aliphatic hydroxyl groups is 1. The molecular weight excluding hydrogens is 292 g/mol. The lowest BCUT2D eigenvalue weighted by Crippen LogP contribution is -2.34. The molecule has 2 unspecified atom stereocenters. The van der Waals surface area contributed by atoms with E-state index >= 15 is 0 Å². The van der Waals surface area contributed by atoms with Crippen LogP contribution in [-0.2, 0) is 4.74 Å². The van der Waals surface area contributed by atoms with Crippen LogP contribution < -0.4 is 4.90 Å². The van der Waals surface area contributed by atoms with Crippen LogP contribution >= 0.6 is 11.3 Å². The van der Waals surface area contributed by atoms with Crippen molar-refractivity contribution in [3.63, 3.8) is 0 Å². The van der Waals surface area contributed by atoms with Gasteiger partial charge in [-0.3, -0.25) is 0 Å². The fourth-order valence-electron chi connectivity index (χ4n) is 2.01. The van der Waals surface area contributed by atoms with Crippen molar-refractivity contribution in [3.8, 4) is 12.3 Å². The molecule has 1 aliphatic heterocycles. The SMILES string of the molecule is C#CCC(OC(C)C)c1nnc(N2C(=O)N(C)CC2O)s1. The molecule has 1 N–H and O–H groups in total. The summed E-state index contributed by atoms with van der Waals surface area (Å²) in [5.74, 6) is 2.55. The first-order chi connectivity index (χ1) is 9.93. The van der Waals surface area contributed by atoms with Gasteiger partial charge in [0, 0.05) is 13.5 Å². The normalized spacial score (nSPS) is 20.2. The molecule has 0 aromatic carbocycles. The van der Waals surface area contributed by atoms with Crippen molar-refractivity contribution in [1.82, 2.24) is 15.1 Å². The summed E-state index contributed by atoms with van der Waals surface area (Å²) in [6, 6.07) is -0.302. The summed E-state index contributed by atoms with van der Waals surface area (Å²) >= 11 is 1.21. The maximum absolute atomic E-state index is 12.0. The maximum atomic E-state index is 12.0. The molecule has 21 heavy (non-hydrogen) atoms. The van der Waals surface area contributed by atoms with Gasteiger partial charge in [0.15, 0.2) is 6.23 Å². The highest BCUT2D eigenvalue weighted by Gasteiger charge is 2.37. The average molecular weight is 310 g/mol. The van der Waals surface area contributed by atoms with Gasteiger partial charge >= 0.3 is 6.03 Å². The molecule has 2 heterocycles.